The van der Waals surface area contributed by atoms with Gasteiger partial charge in [0.2, 0.25) is 0 Å². The summed E-state index contributed by atoms with van der Waals surface area (Å²) >= 11 is 0. The summed E-state index contributed by atoms with van der Waals surface area (Å²) in [5.74, 6) is -0.167. The van der Waals surface area contributed by atoms with Gasteiger partial charge in [-0.1, -0.05) is 81.0 Å². The molecule has 9 heteroatoms. The van der Waals surface area contributed by atoms with Gasteiger partial charge in [-0.3, -0.25) is 4.79 Å². The number of ketones is 1. The minimum Gasteiger partial charge on any atom is -0.507 e. The van der Waals surface area contributed by atoms with Gasteiger partial charge in [0.25, 0.3) is 9.28 Å². The van der Waals surface area contributed by atoms with Crippen molar-refractivity contribution in [2.45, 2.75) is 109 Å². The van der Waals surface area contributed by atoms with Gasteiger partial charge < -0.3 is 17.5 Å². The molecule has 0 saturated carbocycles. The van der Waals surface area contributed by atoms with Crippen molar-refractivity contribution in [3.63, 3.8) is 0 Å². The fourth-order valence-electron chi connectivity index (χ4n) is 3.70. The molecule has 0 aromatic heterocycles. The highest BCUT2D eigenvalue weighted by Gasteiger charge is 2.39. The van der Waals surface area contributed by atoms with Gasteiger partial charge in [0.05, 0.1) is 5.56 Å². The average Bonchev–Trinajstić information content (AvgIpc) is 2.63. The number of carbonyl (C=O) groups excluding carboxylic acids is 1. The molecule has 5 nitrogen and oxygen atoms in total. The van der Waals surface area contributed by atoms with Crippen LogP contribution in [0.2, 0.25) is 58.4 Å². The van der Waals surface area contributed by atoms with Crippen molar-refractivity contribution in [1.29, 1.82) is 0 Å². The third kappa shape index (κ3) is 15.9. The monoisotopic (exact) mass is 602 g/mol. The lowest BCUT2D eigenvalue weighted by Gasteiger charge is -2.37. The molecule has 0 aliphatic carbocycles. The number of carbonyl (C=O) groups is 1. The van der Waals surface area contributed by atoms with Crippen LogP contribution in [0.5, 0.6) is 5.75 Å². The van der Waals surface area contributed by atoms with Gasteiger partial charge in [-0.05, 0) is 82.5 Å². The summed E-state index contributed by atoms with van der Waals surface area (Å²) in [4.78, 5) is 12.7. The Kier molecular flexibility index (Phi) is 23.1. The Balaban J connectivity index is -0.000000605. The van der Waals surface area contributed by atoms with E-state index in [9.17, 15) is 9.90 Å². The molecular weight excluding hydrogens is 541 g/mol. The normalized spacial score (nSPS) is 12.8. The molecule has 0 spiro atoms. The Labute approximate surface area is 242 Å². The van der Waals surface area contributed by atoms with Gasteiger partial charge in [0, 0.05) is 5.56 Å². The first-order valence-corrected chi connectivity index (χ1v) is 22.6. The first-order valence-electron chi connectivity index (χ1n) is 11.1. The number of phenolic OH excluding ortho intramolecular Hbond substituents is 1. The fraction of sp³-hybridized carbons (Fsp3) is 0.552. The Morgan fingerprint density at radius 1 is 0.789 bits per heavy atom. The van der Waals surface area contributed by atoms with Gasteiger partial charge in [0.1, 0.15) is 5.75 Å². The second-order valence-corrected chi connectivity index (χ2v) is 25.4. The molecule has 0 amide bonds. The van der Waals surface area contributed by atoms with Gasteiger partial charge in [-0.25, -0.2) is 0 Å². The highest BCUT2D eigenvalue weighted by Crippen LogP contribution is 2.27. The van der Waals surface area contributed by atoms with Crippen LogP contribution in [0.3, 0.4) is 0 Å². The van der Waals surface area contributed by atoms with Gasteiger partial charge in [-0.15, -0.1) is 0 Å². The van der Waals surface area contributed by atoms with Crippen LogP contribution in [0.4, 0.5) is 0 Å². The number of benzene rings is 2. The van der Waals surface area contributed by atoms with E-state index in [1.807, 2.05) is 24.3 Å². The summed E-state index contributed by atoms with van der Waals surface area (Å²) < 4.78 is 19.4. The van der Waals surface area contributed by atoms with E-state index in [1.165, 1.54) is 0 Å². The molecule has 0 bridgehead atoms. The highest BCUT2D eigenvalue weighted by atomic mass is 28.5. The fourth-order valence-corrected chi connectivity index (χ4v) is 18.5. The second-order valence-electron chi connectivity index (χ2n) is 10.3. The van der Waals surface area contributed by atoms with Crippen LogP contribution in [0.25, 0.3) is 0 Å². The predicted molar refractivity (Wildman–Crippen MR) is 181 cm³/mol. The molecule has 0 fully saturated rings. The molecule has 2 aromatic rings. The zero-order valence-electron chi connectivity index (χ0n) is 20.7. The first-order chi connectivity index (χ1) is 14.7. The smallest absolute Gasteiger partial charge is 0.316 e. The summed E-state index contributed by atoms with van der Waals surface area (Å²) in [6, 6.07) is 15.1. The highest BCUT2D eigenvalue weighted by molar-refractivity contribution is 6.85. The SMILES string of the molecule is C.C.C.C.C.C.C[SiH](O[Si](C)(C)C)O[Si](C)(CCc1ccc(C(=O)c2ccccc2)c(O)c1)O[Si](C)(C)C. The van der Waals surface area contributed by atoms with E-state index in [0.717, 1.165) is 11.6 Å². The van der Waals surface area contributed by atoms with Crippen LogP contribution in [-0.4, -0.2) is 45.4 Å². The van der Waals surface area contributed by atoms with Crippen molar-refractivity contribution in [3.05, 3.63) is 65.2 Å². The summed E-state index contributed by atoms with van der Waals surface area (Å²) in [5, 5.41) is 10.5. The predicted octanol–water partition coefficient (Wildman–Crippen LogP) is 9.62. The lowest BCUT2D eigenvalue weighted by Crippen LogP contribution is -2.52. The average molecular weight is 603 g/mol. The van der Waals surface area contributed by atoms with Crippen molar-refractivity contribution in [2.24, 2.45) is 0 Å². The third-order valence-corrected chi connectivity index (χ3v) is 17.5. The van der Waals surface area contributed by atoms with E-state index in [4.69, 9.17) is 12.3 Å². The number of aryl methyl sites for hydroxylation is 1. The second kappa shape index (κ2) is 18.9. The molecule has 0 aliphatic heterocycles. The Bertz CT molecular complexity index is 911. The quantitative estimate of drug-likeness (QED) is 0.205. The summed E-state index contributed by atoms with van der Waals surface area (Å²) in [7, 11) is -7.75. The Morgan fingerprint density at radius 2 is 1.32 bits per heavy atom. The zero-order valence-corrected chi connectivity index (χ0v) is 24.8. The van der Waals surface area contributed by atoms with Crippen molar-refractivity contribution in [2.75, 3.05) is 0 Å². The van der Waals surface area contributed by atoms with Crippen molar-refractivity contribution < 1.29 is 22.2 Å². The molecule has 2 unspecified atom stereocenters. The summed E-state index contributed by atoms with van der Waals surface area (Å²) in [6.07, 6.45) is 0.717. The lowest BCUT2D eigenvalue weighted by molar-refractivity contribution is 0.103. The maximum absolute atomic E-state index is 12.7. The number of hydrogen-bond donors (Lipinski definition) is 1. The first kappa shape index (κ1) is 46.5. The molecule has 0 saturated heterocycles. The van der Waals surface area contributed by atoms with Gasteiger partial charge in [0.15, 0.2) is 22.4 Å². The molecule has 2 rings (SSSR count). The molecule has 0 radical (unpaired) electrons. The third-order valence-electron chi connectivity index (χ3n) is 4.67. The van der Waals surface area contributed by atoms with E-state index in [1.54, 1.807) is 24.3 Å². The summed E-state index contributed by atoms with van der Waals surface area (Å²) in [5.41, 5.74) is 1.85. The Morgan fingerprint density at radius 3 is 1.76 bits per heavy atom. The molecule has 1 N–H and O–H groups in total. The van der Waals surface area contributed by atoms with E-state index in [2.05, 4.69) is 52.4 Å². The van der Waals surface area contributed by atoms with Gasteiger partial charge in [-0.2, -0.15) is 0 Å². The van der Waals surface area contributed by atoms with Crippen LogP contribution in [0, 0.1) is 0 Å². The van der Waals surface area contributed by atoms with Crippen LogP contribution in [-0.2, 0) is 18.8 Å². The number of aromatic hydroxyl groups is 1. The number of rotatable bonds is 11. The molecule has 224 valence electrons. The van der Waals surface area contributed by atoms with E-state index in [-0.39, 0.29) is 56.1 Å². The minimum atomic E-state index is -2.46. The standard InChI is InChI=1S/C23H38O5Si4.6CH4/c1-29(26-30(2,3)4)27-32(8,28-31(5,6)7)17-16-19-14-15-21(22(24)18-19)23(25)20-12-10-9-11-13-20;;;;;;/h9-15,18,24,29H,16-17H2,1-8H3;6*1H4. The van der Waals surface area contributed by atoms with Crippen LogP contribution in [0.15, 0.2) is 48.5 Å². The van der Waals surface area contributed by atoms with Crippen LogP contribution < -0.4 is 0 Å². The topological polar surface area (TPSA) is 65.0 Å². The number of phenols is 1. The lowest BCUT2D eigenvalue weighted by atomic mass is 10.0. The molecule has 0 aliphatic rings. The Hall–Kier alpha value is -1.34. The van der Waals surface area contributed by atoms with E-state index >= 15 is 0 Å². The maximum atomic E-state index is 12.7. The van der Waals surface area contributed by atoms with Crippen molar-refractivity contribution in [1.82, 2.24) is 0 Å². The molecule has 2 aromatic carbocycles. The van der Waals surface area contributed by atoms with E-state index < -0.39 is 34.5 Å². The molecular formula is C29H62O5Si4. The molecule has 38 heavy (non-hydrogen) atoms. The van der Waals surface area contributed by atoms with Crippen molar-refractivity contribution >= 4 is 40.3 Å². The maximum Gasteiger partial charge on any atom is 0.316 e. The summed E-state index contributed by atoms with van der Waals surface area (Å²) in [6.45, 7) is 17.3. The zero-order chi connectivity index (χ0) is 24.2. The number of hydrogen-bond acceptors (Lipinski definition) is 5. The van der Waals surface area contributed by atoms with E-state index in [0.29, 0.717) is 17.5 Å². The van der Waals surface area contributed by atoms with Crippen LogP contribution >= 0.6 is 0 Å². The minimum absolute atomic E-state index is 0. The van der Waals surface area contributed by atoms with Crippen LogP contribution in [0.1, 0.15) is 66.0 Å². The molecule has 0 heterocycles. The molecule has 2 atom stereocenters. The largest absolute Gasteiger partial charge is 0.507 e. The van der Waals surface area contributed by atoms with Gasteiger partial charge >= 0.3 is 8.56 Å². The van der Waals surface area contributed by atoms with Crippen molar-refractivity contribution in [3.8, 4) is 5.75 Å².